The molecule has 0 radical (unpaired) electrons. The van der Waals surface area contributed by atoms with E-state index in [-0.39, 0.29) is 10.6 Å². The van der Waals surface area contributed by atoms with E-state index in [0.717, 1.165) is 0 Å². The number of aromatic nitrogens is 2. The number of benzene rings is 2. The maximum atomic E-state index is 13.0. The highest BCUT2D eigenvalue weighted by molar-refractivity contribution is 7.89. The Labute approximate surface area is 137 Å². The van der Waals surface area contributed by atoms with Gasteiger partial charge < -0.3 is 0 Å². The Morgan fingerprint density at radius 2 is 1.62 bits per heavy atom. The zero-order valence-electron chi connectivity index (χ0n) is 12.3. The summed E-state index contributed by atoms with van der Waals surface area (Å²) in [5.41, 5.74) is 1.29. The predicted octanol–water partition coefficient (Wildman–Crippen LogP) is 3.12. The summed E-state index contributed by atoms with van der Waals surface area (Å²) in [4.78, 5) is -0.0613. The molecule has 0 aliphatic carbocycles. The summed E-state index contributed by atoms with van der Waals surface area (Å²) in [6.45, 7) is 0. The highest BCUT2D eigenvalue weighted by Crippen LogP contribution is 2.28. The second kappa shape index (κ2) is 6.14. The van der Waals surface area contributed by atoms with E-state index in [4.69, 9.17) is 5.14 Å². The smallest absolute Gasteiger partial charge is 0.233 e. The molecule has 3 rings (SSSR count). The van der Waals surface area contributed by atoms with Gasteiger partial charge in [0.25, 0.3) is 6.43 Å². The molecule has 5 nitrogen and oxygen atoms in total. The fourth-order valence-electron chi connectivity index (χ4n) is 2.29. The molecule has 2 N–H and O–H groups in total. The quantitative estimate of drug-likeness (QED) is 0.786. The van der Waals surface area contributed by atoms with Crippen molar-refractivity contribution in [1.82, 2.24) is 9.78 Å². The zero-order valence-corrected chi connectivity index (χ0v) is 13.1. The lowest BCUT2D eigenvalue weighted by molar-refractivity contribution is 0.145. The Bertz CT molecular complexity index is 953. The molecule has 0 amide bonds. The summed E-state index contributed by atoms with van der Waals surface area (Å²) in [5.74, 6) is 0. The topological polar surface area (TPSA) is 78.0 Å². The number of halogens is 2. The number of rotatable bonds is 4. The van der Waals surface area contributed by atoms with Crippen molar-refractivity contribution in [2.75, 3.05) is 0 Å². The van der Waals surface area contributed by atoms with Gasteiger partial charge in [-0.05, 0) is 30.3 Å². The van der Waals surface area contributed by atoms with Crippen LogP contribution in [0.3, 0.4) is 0 Å². The van der Waals surface area contributed by atoms with Gasteiger partial charge in [-0.25, -0.2) is 27.0 Å². The molecule has 0 saturated carbocycles. The monoisotopic (exact) mass is 349 g/mol. The minimum Gasteiger partial charge on any atom is -0.233 e. The van der Waals surface area contributed by atoms with Gasteiger partial charge in [0.1, 0.15) is 5.69 Å². The van der Waals surface area contributed by atoms with Crippen LogP contribution in [0.5, 0.6) is 0 Å². The van der Waals surface area contributed by atoms with Gasteiger partial charge in [0, 0.05) is 5.56 Å². The van der Waals surface area contributed by atoms with Crippen LogP contribution in [0.2, 0.25) is 0 Å². The van der Waals surface area contributed by atoms with Gasteiger partial charge in [-0.1, -0.05) is 30.3 Å². The molecule has 2 aromatic carbocycles. The third-order valence-corrected chi connectivity index (χ3v) is 4.36. The van der Waals surface area contributed by atoms with E-state index in [0.29, 0.717) is 16.9 Å². The summed E-state index contributed by atoms with van der Waals surface area (Å²) in [7, 11) is -3.82. The van der Waals surface area contributed by atoms with Crippen LogP contribution in [0.1, 0.15) is 12.1 Å². The fourth-order valence-corrected chi connectivity index (χ4v) is 2.81. The third kappa shape index (κ3) is 3.19. The molecule has 124 valence electrons. The molecule has 24 heavy (non-hydrogen) atoms. The molecule has 0 spiro atoms. The van der Waals surface area contributed by atoms with E-state index in [1.165, 1.54) is 35.0 Å². The summed E-state index contributed by atoms with van der Waals surface area (Å²) < 4.78 is 50.1. The van der Waals surface area contributed by atoms with Crippen LogP contribution in [-0.2, 0) is 10.0 Å². The third-order valence-electron chi connectivity index (χ3n) is 3.43. The van der Waals surface area contributed by atoms with Crippen molar-refractivity contribution in [2.45, 2.75) is 11.3 Å². The number of nitrogens with two attached hydrogens (primary N) is 1. The van der Waals surface area contributed by atoms with Gasteiger partial charge in [0.2, 0.25) is 10.0 Å². The average Bonchev–Trinajstić information content (AvgIpc) is 3.00. The van der Waals surface area contributed by atoms with Crippen molar-refractivity contribution in [3.05, 3.63) is 66.4 Å². The standard InChI is InChI=1S/C16H13F2N3O2S/c17-16(18)14-10-15(11-4-2-1-3-5-11)21(20-14)12-6-8-13(9-7-12)24(19,22)23/h1-10,16H,(H2,19,22,23). The van der Waals surface area contributed by atoms with Gasteiger partial charge in [-0.3, -0.25) is 0 Å². The number of hydrogen-bond acceptors (Lipinski definition) is 3. The summed E-state index contributed by atoms with van der Waals surface area (Å²) in [6, 6.07) is 15.8. The van der Waals surface area contributed by atoms with Gasteiger partial charge in [-0.2, -0.15) is 5.10 Å². The van der Waals surface area contributed by atoms with Crippen molar-refractivity contribution in [3.63, 3.8) is 0 Å². The van der Waals surface area contributed by atoms with E-state index < -0.39 is 16.4 Å². The molecule has 1 aromatic heterocycles. The lowest BCUT2D eigenvalue weighted by Gasteiger charge is -2.08. The summed E-state index contributed by atoms with van der Waals surface area (Å²) in [6.07, 6.45) is -2.71. The van der Waals surface area contributed by atoms with E-state index in [9.17, 15) is 17.2 Å². The second-order valence-electron chi connectivity index (χ2n) is 5.07. The Morgan fingerprint density at radius 3 is 2.17 bits per heavy atom. The molecule has 3 aromatic rings. The lowest BCUT2D eigenvalue weighted by atomic mass is 10.1. The zero-order chi connectivity index (χ0) is 17.3. The predicted molar refractivity (Wildman–Crippen MR) is 85.3 cm³/mol. The fraction of sp³-hybridized carbons (Fsp3) is 0.0625. The Morgan fingerprint density at radius 1 is 1.00 bits per heavy atom. The van der Waals surface area contributed by atoms with Crippen molar-refractivity contribution >= 4 is 10.0 Å². The van der Waals surface area contributed by atoms with Gasteiger partial charge in [-0.15, -0.1) is 0 Å². The minimum atomic E-state index is -3.82. The molecule has 0 unspecified atom stereocenters. The van der Waals surface area contributed by atoms with Crippen LogP contribution in [0.15, 0.2) is 65.6 Å². The SMILES string of the molecule is NS(=O)(=O)c1ccc(-n2nc(C(F)F)cc2-c2ccccc2)cc1. The molecular formula is C16H13F2N3O2S. The second-order valence-corrected chi connectivity index (χ2v) is 6.63. The molecule has 0 fully saturated rings. The maximum Gasteiger partial charge on any atom is 0.282 e. The summed E-state index contributed by atoms with van der Waals surface area (Å²) in [5, 5.41) is 9.00. The maximum absolute atomic E-state index is 13.0. The Kier molecular flexibility index (Phi) is 4.16. The first kappa shape index (κ1) is 16.3. The first-order valence-corrected chi connectivity index (χ1v) is 8.47. The highest BCUT2D eigenvalue weighted by Gasteiger charge is 2.18. The number of hydrogen-bond donors (Lipinski definition) is 1. The van der Waals surface area contributed by atoms with E-state index in [1.807, 2.05) is 6.07 Å². The van der Waals surface area contributed by atoms with Gasteiger partial charge >= 0.3 is 0 Å². The molecule has 8 heteroatoms. The van der Waals surface area contributed by atoms with Crippen molar-refractivity contribution in [2.24, 2.45) is 5.14 Å². The molecular weight excluding hydrogens is 336 g/mol. The van der Waals surface area contributed by atoms with Crippen molar-refractivity contribution in [3.8, 4) is 16.9 Å². The van der Waals surface area contributed by atoms with E-state index >= 15 is 0 Å². The van der Waals surface area contributed by atoms with Crippen molar-refractivity contribution in [1.29, 1.82) is 0 Å². The number of alkyl halides is 2. The van der Waals surface area contributed by atoms with Crippen LogP contribution >= 0.6 is 0 Å². The normalized spacial score (nSPS) is 11.8. The first-order chi connectivity index (χ1) is 11.4. The average molecular weight is 349 g/mol. The first-order valence-electron chi connectivity index (χ1n) is 6.93. The van der Waals surface area contributed by atoms with Crippen LogP contribution in [0.25, 0.3) is 16.9 Å². The van der Waals surface area contributed by atoms with E-state index in [1.54, 1.807) is 24.3 Å². The molecule has 0 bridgehead atoms. The minimum absolute atomic E-state index is 0.0613. The van der Waals surface area contributed by atoms with Crippen molar-refractivity contribution < 1.29 is 17.2 Å². The Balaban J connectivity index is 2.13. The molecule has 0 aliphatic heterocycles. The Hall–Kier alpha value is -2.58. The molecule has 0 atom stereocenters. The highest BCUT2D eigenvalue weighted by atomic mass is 32.2. The number of nitrogens with zero attached hydrogens (tertiary/aromatic N) is 2. The summed E-state index contributed by atoms with van der Waals surface area (Å²) >= 11 is 0. The van der Waals surface area contributed by atoms with Crippen LogP contribution in [0, 0.1) is 0 Å². The number of sulfonamides is 1. The molecule has 1 heterocycles. The van der Waals surface area contributed by atoms with Gasteiger partial charge in [0.05, 0.1) is 16.3 Å². The largest absolute Gasteiger partial charge is 0.282 e. The molecule has 0 saturated heterocycles. The van der Waals surface area contributed by atoms with Crippen LogP contribution < -0.4 is 5.14 Å². The van der Waals surface area contributed by atoms with Crippen LogP contribution in [0.4, 0.5) is 8.78 Å². The lowest BCUT2D eigenvalue weighted by Crippen LogP contribution is -2.12. The molecule has 0 aliphatic rings. The van der Waals surface area contributed by atoms with Crippen LogP contribution in [-0.4, -0.2) is 18.2 Å². The van der Waals surface area contributed by atoms with E-state index in [2.05, 4.69) is 5.10 Å². The van der Waals surface area contributed by atoms with Gasteiger partial charge in [0.15, 0.2) is 0 Å². The number of primary sulfonamides is 1.